The fourth-order valence-electron chi connectivity index (χ4n) is 6.92. The number of benzene rings is 1. The van der Waals surface area contributed by atoms with Gasteiger partial charge < -0.3 is 19.4 Å². The molecule has 1 aromatic carbocycles. The molecule has 3 aliphatic heterocycles. The zero-order valence-corrected chi connectivity index (χ0v) is 19.8. The SMILES string of the molecule is CC1(C)CC2CC(C)(CN2C(=O)c2ccc(N3CCC(C(=O)N4CCOCC4)C3)cc2)C1. The average molecular weight is 440 g/mol. The minimum Gasteiger partial charge on any atom is -0.378 e. The molecule has 3 atom stereocenters. The van der Waals surface area contributed by atoms with E-state index in [-0.39, 0.29) is 23.1 Å². The molecule has 2 amide bonds. The molecule has 2 bridgehead atoms. The Kier molecular flexibility index (Phi) is 5.47. The Morgan fingerprint density at radius 3 is 2.44 bits per heavy atom. The number of carbonyl (C=O) groups excluding carboxylic acids is 2. The number of likely N-dealkylation sites (tertiary alicyclic amines) is 1. The molecule has 0 N–H and O–H groups in total. The number of hydrogen-bond acceptors (Lipinski definition) is 4. The van der Waals surface area contributed by atoms with E-state index >= 15 is 0 Å². The first-order valence-corrected chi connectivity index (χ1v) is 12.3. The van der Waals surface area contributed by atoms with Gasteiger partial charge >= 0.3 is 0 Å². The smallest absolute Gasteiger partial charge is 0.254 e. The summed E-state index contributed by atoms with van der Waals surface area (Å²) in [6.07, 6.45) is 4.31. The second kappa shape index (κ2) is 8.05. The molecular formula is C26H37N3O3. The Morgan fingerprint density at radius 1 is 1.00 bits per heavy atom. The number of amides is 2. The van der Waals surface area contributed by atoms with Gasteiger partial charge in [0.05, 0.1) is 19.1 Å². The third kappa shape index (κ3) is 4.14. The minimum atomic E-state index is 0.0578. The van der Waals surface area contributed by atoms with Crippen molar-refractivity contribution in [3.63, 3.8) is 0 Å². The normalized spacial score (nSPS) is 31.8. The van der Waals surface area contributed by atoms with Gasteiger partial charge in [-0.2, -0.15) is 0 Å². The number of morpholine rings is 1. The van der Waals surface area contributed by atoms with Gasteiger partial charge in [0.2, 0.25) is 5.91 Å². The molecule has 6 heteroatoms. The summed E-state index contributed by atoms with van der Waals surface area (Å²) < 4.78 is 5.37. The maximum atomic E-state index is 13.3. The number of nitrogens with zero attached hydrogens (tertiary/aromatic N) is 3. The third-order valence-electron chi connectivity index (χ3n) is 8.02. The van der Waals surface area contributed by atoms with Gasteiger partial charge in [0, 0.05) is 50.0 Å². The van der Waals surface area contributed by atoms with E-state index in [1.54, 1.807) is 0 Å². The van der Waals surface area contributed by atoms with Crippen LogP contribution in [0.25, 0.3) is 0 Å². The van der Waals surface area contributed by atoms with Crippen LogP contribution in [0.15, 0.2) is 24.3 Å². The molecule has 4 aliphatic rings. The van der Waals surface area contributed by atoms with E-state index in [1.165, 1.54) is 6.42 Å². The van der Waals surface area contributed by atoms with Crippen molar-refractivity contribution >= 4 is 17.5 Å². The van der Waals surface area contributed by atoms with E-state index in [1.807, 2.05) is 17.0 Å². The number of hydrogen-bond donors (Lipinski definition) is 0. The largest absolute Gasteiger partial charge is 0.378 e. The van der Waals surface area contributed by atoms with Crippen LogP contribution in [0.4, 0.5) is 5.69 Å². The van der Waals surface area contributed by atoms with Crippen molar-refractivity contribution in [3.05, 3.63) is 29.8 Å². The fraction of sp³-hybridized carbons (Fsp3) is 0.692. The van der Waals surface area contributed by atoms with Crippen molar-refractivity contribution in [3.8, 4) is 0 Å². The summed E-state index contributed by atoms with van der Waals surface area (Å²) >= 11 is 0. The first kappa shape index (κ1) is 21.7. The van der Waals surface area contributed by atoms with Crippen LogP contribution in [-0.4, -0.2) is 73.6 Å². The van der Waals surface area contributed by atoms with Gasteiger partial charge in [-0.25, -0.2) is 0 Å². The molecule has 174 valence electrons. The quantitative estimate of drug-likeness (QED) is 0.724. The Morgan fingerprint density at radius 2 is 1.72 bits per heavy atom. The summed E-state index contributed by atoms with van der Waals surface area (Å²) in [5, 5.41) is 0. The summed E-state index contributed by atoms with van der Waals surface area (Å²) in [7, 11) is 0. The lowest BCUT2D eigenvalue weighted by atomic mass is 9.65. The lowest BCUT2D eigenvalue weighted by molar-refractivity contribution is -0.138. The van der Waals surface area contributed by atoms with Gasteiger partial charge in [-0.1, -0.05) is 20.8 Å². The van der Waals surface area contributed by atoms with Crippen LogP contribution in [0.3, 0.4) is 0 Å². The monoisotopic (exact) mass is 439 g/mol. The van der Waals surface area contributed by atoms with Crippen molar-refractivity contribution in [2.75, 3.05) is 50.8 Å². The number of carbonyl (C=O) groups is 2. The van der Waals surface area contributed by atoms with Crippen molar-refractivity contribution in [1.29, 1.82) is 0 Å². The number of anilines is 1. The predicted octanol–water partition coefficient (Wildman–Crippen LogP) is 3.41. The highest BCUT2D eigenvalue weighted by Gasteiger charge is 2.51. The fourth-order valence-corrected chi connectivity index (χ4v) is 6.92. The highest BCUT2D eigenvalue weighted by molar-refractivity contribution is 5.95. The average Bonchev–Trinajstić information content (AvgIpc) is 3.35. The maximum absolute atomic E-state index is 13.3. The van der Waals surface area contributed by atoms with Gasteiger partial charge in [0.25, 0.3) is 5.91 Å². The molecule has 4 fully saturated rings. The van der Waals surface area contributed by atoms with Crippen molar-refractivity contribution in [2.24, 2.45) is 16.7 Å². The summed E-state index contributed by atoms with van der Waals surface area (Å²) in [6.45, 7) is 12.2. The van der Waals surface area contributed by atoms with Crippen molar-refractivity contribution < 1.29 is 14.3 Å². The number of fused-ring (bicyclic) bond motifs is 2. The second-order valence-electron chi connectivity index (χ2n) is 11.6. The van der Waals surface area contributed by atoms with Crippen LogP contribution in [0.1, 0.15) is 56.8 Å². The Hall–Kier alpha value is -2.08. The van der Waals surface area contributed by atoms with E-state index in [9.17, 15) is 9.59 Å². The molecule has 0 radical (unpaired) electrons. The van der Waals surface area contributed by atoms with E-state index in [0.29, 0.717) is 37.8 Å². The van der Waals surface area contributed by atoms with Crippen LogP contribution in [0, 0.1) is 16.7 Å². The summed E-state index contributed by atoms with van der Waals surface area (Å²) in [5.41, 5.74) is 2.44. The van der Waals surface area contributed by atoms with Crippen molar-refractivity contribution in [2.45, 2.75) is 52.5 Å². The van der Waals surface area contributed by atoms with Crippen LogP contribution < -0.4 is 4.90 Å². The number of rotatable bonds is 3. The van der Waals surface area contributed by atoms with Gasteiger partial charge in [-0.05, 0) is 60.8 Å². The molecular weight excluding hydrogens is 402 g/mol. The molecule has 3 heterocycles. The molecule has 5 rings (SSSR count). The van der Waals surface area contributed by atoms with E-state index in [0.717, 1.165) is 50.1 Å². The zero-order valence-electron chi connectivity index (χ0n) is 19.8. The summed E-state index contributed by atoms with van der Waals surface area (Å²) in [5.74, 6) is 0.492. The topological polar surface area (TPSA) is 53.1 Å². The van der Waals surface area contributed by atoms with Crippen LogP contribution in [0.2, 0.25) is 0 Å². The molecule has 3 unspecified atom stereocenters. The summed E-state index contributed by atoms with van der Waals surface area (Å²) in [6, 6.07) is 8.43. The predicted molar refractivity (Wildman–Crippen MR) is 125 cm³/mol. The molecule has 32 heavy (non-hydrogen) atoms. The number of ether oxygens (including phenoxy) is 1. The first-order valence-electron chi connectivity index (χ1n) is 12.3. The molecule has 1 aromatic rings. The molecule has 6 nitrogen and oxygen atoms in total. The molecule has 0 aromatic heterocycles. The highest BCUT2D eigenvalue weighted by atomic mass is 16.5. The highest BCUT2D eigenvalue weighted by Crippen LogP contribution is 2.52. The van der Waals surface area contributed by atoms with E-state index in [4.69, 9.17) is 4.74 Å². The lowest BCUT2D eigenvalue weighted by Crippen LogP contribution is -2.44. The van der Waals surface area contributed by atoms with Crippen LogP contribution in [-0.2, 0) is 9.53 Å². The minimum absolute atomic E-state index is 0.0578. The Bertz CT molecular complexity index is 877. The maximum Gasteiger partial charge on any atom is 0.254 e. The van der Waals surface area contributed by atoms with Gasteiger partial charge in [-0.3, -0.25) is 9.59 Å². The molecule has 1 saturated carbocycles. The van der Waals surface area contributed by atoms with Gasteiger partial charge in [-0.15, -0.1) is 0 Å². The van der Waals surface area contributed by atoms with E-state index in [2.05, 4.69) is 42.7 Å². The Balaban J connectivity index is 1.22. The molecule has 1 aliphatic carbocycles. The van der Waals surface area contributed by atoms with Crippen LogP contribution >= 0.6 is 0 Å². The lowest BCUT2D eigenvalue weighted by Gasteiger charge is -2.39. The second-order valence-corrected chi connectivity index (χ2v) is 11.6. The standard InChI is InChI=1S/C26H37N3O3/c1-25(2)14-22-15-26(3,17-25)18-29(22)24(31)19-4-6-21(7-5-19)28-9-8-20(16-28)23(30)27-10-12-32-13-11-27/h4-7,20,22H,8-18H2,1-3H3. The van der Waals surface area contributed by atoms with Gasteiger partial charge in [0.1, 0.15) is 0 Å². The van der Waals surface area contributed by atoms with Crippen molar-refractivity contribution in [1.82, 2.24) is 9.80 Å². The molecule has 3 saturated heterocycles. The Labute approximate surface area is 191 Å². The molecule has 0 spiro atoms. The third-order valence-corrected chi connectivity index (χ3v) is 8.02. The summed E-state index contributed by atoms with van der Waals surface area (Å²) in [4.78, 5) is 32.5. The van der Waals surface area contributed by atoms with Crippen LogP contribution in [0.5, 0.6) is 0 Å². The van der Waals surface area contributed by atoms with E-state index < -0.39 is 0 Å². The first-order chi connectivity index (χ1) is 15.2. The van der Waals surface area contributed by atoms with Gasteiger partial charge in [0.15, 0.2) is 0 Å². The zero-order chi connectivity index (χ0) is 22.5.